The van der Waals surface area contributed by atoms with Crippen LogP contribution >= 0.6 is 0 Å². The molecule has 6 nitrogen and oxygen atoms in total. The summed E-state index contributed by atoms with van der Waals surface area (Å²) in [7, 11) is 0. The Bertz CT molecular complexity index is 394. The van der Waals surface area contributed by atoms with Crippen molar-refractivity contribution in [3.8, 4) is 6.07 Å². The predicted octanol–water partition coefficient (Wildman–Crippen LogP) is 1.03. The summed E-state index contributed by atoms with van der Waals surface area (Å²) in [5.41, 5.74) is -1.55. The minimum atomic E-state index is -0.983. The molecule has 0 unspecified atom stereocenters. The number of carbonyl (C=O) groups is 2. The average Bonchev–Trinajstić information content (AvgIpc) is 2.59. The third kappa shape index (κ3) is 3.62. The van der Waals surface area contributed by atoms with Crippen molar-refractivity contribution >= 4 is 12.0 Å². The fourth-order valence-electron chi connectivity index (χ4n) is 1.85. The molecule has 1 atom stereocenters. The highest BCUT2D eigenvalue weighted by molar-refractivity contribution is 5.75. The number of nitriles is 1. The summed E-state index contributed by atoms with van der Waals surface area (Å²) in [4.78, 5) is 24.4. The molecule has 0 aromatic carbocycles. The van der Waals surface area contributed by atoms with Gasteiger partial charge < -0.3 is 15.0 Å². The fraction of sp³-hybridized carbons (Fsp3) is 0.750. The fourth-order valence-corrected chi connectivity index (χ4v) is 1.85. The van der Waals surface area contributed by atoms with Crippen LogP contribution in [0.1, 0.15) is 34.1 Å². The van der Waals surface area contributed by atoms with Crippen molar-refractivity contribution in [2.45, 2.75) is 45.3 Å². The van der Waals surface area contributed by atoms with Gasteiger partial charge in [0.2, 0.25) is 5.91 Å². The van der Waals surface area contributed by atoms with Crippen molar-refractivity contribution in [2.24, 2.45) is 0 Å². The van der Waals surface area contributed by atoms with E-state index in [9.17, 15) is 9.59 Å². The third-order valence-electron chi connectivity index (χ3n) is 2.55. The quantitative estimate of drug-likeness (QED) is 0.756. The van der Waals surface area contributed by atoms with Gasteiger partial charge in [-0.15, -0.1) is 0 Å². The van der Waals surface area contributed by atoms with Crippen molar-refractivity contribution in [3.63, 3.8) is 0 Å². The average molecular weight is 253 g/mol. The molecule has 100 valence electrons. The predicted molar refractivity (Wildman–Crippen MR) is 64.6 cm³/mol. The number of rotatable bonds is 1. The molecule has 1 aliphatic heterocycles. The summed E-state index contributed by atoms with van der Waals surface area (Å²) in [6.45, 7) is 7.28. The summed E-state index contributed by atoms with van der Waals surface area (Å²) < 4.78 is 5.23. The molecule has 2 amide bonds. The van der Waals surface area contributed by atoms with Gasteiger partial charge in [-0.05, 0) is 20.8 Å². The Morgan fingerprint density at radius 2 is 2.06 bits per heavy atom. The number of ether oxygens (including phenoxy) is 1. The molecule has 1 heterocycles. The van der Waals surface area contributed by atoms with E-state index in [2.05, 4.69) is 11.4 Å². The number of likely N-dealkylation sites (tertiary alicyclic amines) is 1. The lowest BCUT2D eigenvalue weighted by atomic mass is 10.0. The number of carbonyl (C=O) groups excluding carboxylic acids is 2. The summed E-state index contributed by atoms with van der Waals surface area (Å²) in [5, 5.41) is 11.8. The number of nitrogens with one attached hydrogen (secondary N) is 1. The SMILES string of the molecule is CC(=O)N[C@]1(C#N)CCN(C(=O)OC(C)(C)C)C1. The Morgan fingerprint density at radius 1 is 1.44 bits per heavy atom. The van der Waals surface area contributed by atoms with E-state index in [1.807, 2.05) is 0 Å². The summed E-state index contributed by atoms with van der Waals surface area (Å²) >= 11 is 0. The lowest BCUT2D eigenvalue weighted by Crippen LogP contribution is -2.49. The van der Waals surface area contributed by atoms with Gasteiger partial charge in [0.25, 0.3) is 0 Å². The second-order valence-electron chi connectivity index (χ2n) is 5.53. The highest BCUT2D eigenvalue weighted by Gasteiger charge is 2.42. The minimum absolute atomic E-state index is 0.165. The van der Waals surface area contributed by atoms with E-state index in [1.165, 1.54) is 11.8 Å². The maximum absolute atomic E-state index is 11.8. The Morgan fingerprint density at radius 3 is 2.50 bits per heavy atom. The van der Waals surface area contributed by atoms with Gasteiger partial charge in [-0.2, -0.15) is 5.26 Å². The lowest BCUT2D eigenvalue weighted by molar-refractivity contribution is -0.120. The van der Waals surface area contributed by atoms with E-state index in [0.29, 0.717) is 13.0 Å². The van der Waals surface area contributed by atoms with Crippen molar-refractivity contribution in [2.75, 3.05) is 13.1 Å². The van der Waals surface area contributed by atoms with Gasteiger partial charge >= 0.3 is 6.09 Å². The van der Waals surface area contributed by atoms with Crippen LogP contribution in [0.5, 0.6) is 0 Å². The molecule has 0 bridgehead atoms. The molecule has 1 fully saturated rings. The maximum Gasteiger partial charge on any atom is 0.410 e. The van der Waals surface area contributed by atoms with Crippen LogP contribution in [0.25, 0.3) is 0 Å². The zero-order chi connectivity index (χ0) is 14.0. The first-order chi connectivity index (χ1) is 8.17. The molecule has 1 saturated heterocycles. The minimum Gasteiger partial charge on any atom is -0.444 e. The first-order valence-electron chi connectivity index (χ1n) is 5.85. The van der Waals surface area contributed by atoms with Crippen LogP contribution in [-0.4, -0.2) is 41.1 Å². The van der Waals surface area contributed by atoms with E-state index in [4.69, 9.17) is 10.00 Å². The van der Waals surface area contributed by atoms with Gasteiger partial charge in [0.15, 0.2) is 0 Å². The number of hydrogen-bond acceptors (Lipinski definition) is 4. The normalized spacial score (nSPS) is 23.4. The molecule has 1 rings (SSSR count). The van der Waals surface area contributed by atoms with Crippen LogP contribution < -0.4 is 5.32 Å². The molecule has 18 heavy (non-hydrogen) atoms. The number of amides is 2. The Kier molecular flexibility index (Phi) is 3.85. The Hall–Kier alpha value is -1.77. The molecular formula is C12H19N3O3. The molecule has 0 aliphatic carbocycles. The molecule has 1 N–H and O–H groups in total. The highest BCUT2D eigenvalue weighted by Crippen LogP contribution is 2.22. The van der Waals surface area contributed by atoms with Gasteiger partial charge in [0.05, 0.1) is 12.6 Å². The Balaban J connectivity index is 2.68. The van der Waals surface area contributed by atoms with Crippen LogP contribution in [0.3, 0.4) is 0 Å². The molecule has 0 radical (unpaired) electrons. The van der Waals surface area contributed by atoms with E-state index in [1.54, 1.807) is 20.8 Å². The summed E-state index contributed by atoms with van der Waals surface area (Å²) in [6.07, 6.45) is -0.0348. The van der Waals surface area contributed by atoms with Gasteiger partial charge in [-0.25, -0.2) is 4.79 Å². The second kappa shape index (κ2) is 4.84. The van der Waals surface area contributed by atoms with Gasteiger partial charge in [-0.3, -0.25) is 4.79 Å². The van der Waals surface area contributed by atoms with Crippen LogP contribution in [0.2, 0.25) is 0 Å². The van der Waals surface area contributed by atoms with Gasteiger partial charge in [0.1, 0.15) is 11.1 Å². The highest BCUT2D eigenvalue weighted by atomic mass is 16.6. The molecule has 0 aromatic heterocycles. The largest absolute Gasteiger partial charge is 0.444 e. The molecule has 6 heteroatoms. The van der Waals surface area contributed by atoms with Crippen LogP contribution in [0.4, 0.5) is 4.79 Å². The first kappa shape index (κ1) is 14.3. The van der Waals surface area contributed by atoms with Gasteiger partial charge in [-0.1, -0.05) is 0 Å². The van der Waals surface area contributed by atoms with Crippen molar-refractivity contribution in [1.29, 1.82) is 5.26 Å². The zero-order valence-electron chi connectivity index (χ0n) is 11.2. The van der Waals surface area contributed by atoms with Crippen LogP contribution in [0, 0.1) is 11.3 Å². The van der Waals surface area contributed by atoms with Crippen LogP contribution in [-0.2, 0) is 9.53 Å². The molecule has 0 aromatic rings. The van der Waals surface area contributed by atoms with E-state index >= 15 is 0 Å². The smallest absolute Gasteiger partial charge is 0.410 e. The topological polar surface area (TPSA) is 82.4 Å². The molecule has 1 aliphatic rings. The summed E-state index contributed by atoms with van der Waals surface area (Å²) in [6, 6.07) is 2.08. The third-order valence-corrected chi connectivity index (χ3v) is 2.55. The van der Waals surface area contributed by atoms with E-state index < -0.39 is 17.2 Å². The molecule has 0 spiro atoms. The maximum atomic E-state index is 11.8. The summed E-state index contributed by atoms with van der Waals surface area (Å²) in [5.74, 6) is -0.275. The monoisotopic (exact) mass is 253 g/mol. The van der Waals surface area contributed by atoms with Crippen molar-refractivity contribution in [3.05, 3.63) is 0 Å². The Labute approximate surface area is 107 Å². The molecule has 0 saturated carbocycles. The van der Waals surface area contributed by atoms with E-state index in [0.717, 1.165) is 0 Å². The van der Waals surface area contributed by atoms with Crippen molar-refractivity contribution < 1.29 is 14.3 Å². The first-order valence-corrected chi connectivity index (χ1v) is 5.85. The van der Waals surface area contributed by atoms with Crippen LogP contribution in [0.15, 0.2) is 0 Å². The van der Waals surface area contributed by atoms with E-state index in [-0.39, 0.29) is 12.5 Å². The van der Waals surface area contributed by atoms with Gasteiger partial charge in [0, 0.05) is 19.9 Å². The number of nitrogens with zero attached hydrogens (tertiary/aromatic N) is 2. The standard InChI is InChI=1S/C12H19N3O3/c1-9(16)14-12(7-13)5-6-15(8-12)10(17)18-11(2,3)4/h5-6,8H2,1-4H3,(H,14,16)/t12-/m0/s1. The second-order valence-corrected chi connectivity index (χ2v) is 5.53. The van der Waals surface area contributed by atoms with Crippen molar-refractivity contribution in [1.82, 2.24) is 10.2 Å². The lowest BCUT2D eigenvalue weighted by Gasteiger charge is -2.26. The number of hydrogen-bond donors (Lipinski definition) is 1. The zero-order valence-corrected chi connectivity index (χ0v) is 11.2. The molecular weight excluding hydrogens is 234 g/mol.